The molecule has 1 N–H and O–H groups in total. The largest absolute Gasteiger partial charge is 0.395 e. The topological polar surface area (TPSA) is 83.7 Å². The van der Waals surface area contributed by atoms with E-state index in [0.717, 1.165) is 0 Å². The van der Waals surface area contributed by atoms with E-state index in [1.807, 2.05) is 0 Å². The highest BCUT2D eigenvalue weighted by Crippen LogP contribution is 2.28. The normalized spacial score (nSPS) is 10.1. The molecule has 0 spiro atoms. The number of hydrogen-bond acceptors (Lipinski definition) is 5. The van der Waals surface area contributed by atoms with Gasteiger partial charge in [0.15, 0.2) is 0 Å². The van der Waals surface area contributed by atoms with Crippen LogP contribution in [0.2, 0.25) is 0 Å². The second-order valence-corrected chi connectivity index (χ2v) is 4.76. The predicted octanol–water partition coefficient (Wildman–Crippen LogP) is 1.94. The second-order valence-electron chi connectivity index (χ2n) is 3.91. The molecule has 0 bridgehead atoms. The molecule has 1 rings (SSSR count). The lowest BCUT2D eigenvalue weighted by molar-refractivity contribution is -0.387. The molecule has 7 heteroatoms. The number of thioether (sulfide) groups is 1. The summed E-state index contributed by atoms with van der Waals surface area (Å²) in [6.45, 7) is 3.80. The number of aliphatic hydroxyl groups is 1. The Hall–Kier alpha value is -1.86. The molecular formula is C13H16N2O4S. The molecular weight excluding hydrogens is 280 g/mol. The molecule has 0 aliphatic rings. The highest BCUT2D eigenvalue weighted by atomic mass is 32.2. The fourth-order valence-electron chi connectivity index (χ4n) is 1.70. The monoisotopic (exact) mass is 296 g/mol. The number of amides is 1. The van der Waals surface area contributed by atoms with Crippen molar-refractivity contribution in [3.63, 3.8) is 0 Å². The molecule has 0 aromatic heterocycles. The Morgan fingerprint density at radius 1 is 1.60 bits per heavy atom. The first kappa shape index (κ1) is 16.2. The van der Waals surface area contributed by atoms with Gasteiger partial charge in [-0.05, 0) is 18.4 Å². The Kier molecular flexibility index (Phi) is 6.20. The van der Waals surface area contributed by atoms with Gasteiger partial charge in [0.25, 0.3) is 11.6 Å². The Labute approximate surface area is 121 Å². The average molecular weight is 296 g/mol. The van der Waals surface area contributed by atoms with Crippen LogP contribution in [0.25, 0.3) is 0 Å². The van der Waals surface area contributed by atoms with Crippen molar-refractivity contribution in [1.82, 2.24) is 4.90 Å². The summed E-state index contributed by atoms with van der Waals surface area (Å²) in [6, 6.07) is 4.37. The summed E-state index contributed by atoms with van der Waals surface area (Å²) in [7, 11) is 0. The number of nitro groups is 1. The molecule has 0 fully saturated rings. The van der Waals surface area contributed by atoms with Crippen molar-refractivity contribution in [2.75, 3.05) is 26.0 Å². The first-order valence-corrected chi connectivity index (χ1v) is 7.11. The fraction of sp³-hybridized carbons (Fsp3) is 0.308. The minimum Gasteiger partial charge on any atom is -0.395 e. The maximum absolute atomic E-state index is 12.2. The average Bonchev–Trinajstić information content (AvgIpc) is 2.45. The number of nitro benzene ring substituents is 1. The maximum atomic E-state index is 12.2. The van der Waals surface area contributed by atoms with Gasteiger partial charge in [0.2, 0.25) is 0 Å². The Bertz CT molecular complexity index is 519. The van der Waals surface area contributed by atoms with Crippen molar-refractivity contribution in [3.05, 3.63) is 46.5 Å². The summed E-state index contributed by atoms with van der Waals surface area (Å²) < 4.78 is 0. The van der Waals surface area contributed by atoms with E-state index < -0.39 is 4.92 Å². The lowest BCUT2D eigenvalue weighted by atomic mass is 10.1. The van der Waals surface area contributed by atoms with E-state index in [-0.39, 0.29) is 36.9 Å². The van der Waals surface area contributed by atoms with E-state index in [1.54, 1.807) is 18.4 Å². The van der Waals surface area contributed by atoms with E-state index in [0.29, 0.717) is 4.90 Å². The van der Waals surface area contributed by atoms with Gasteiger partial charge in [-0.25, -0.2) is 0 Å². The van der Waals surface area contributed by atoms with Gasteiger partial charge in [-0.2, -0.15) is 0 Å². The smallest absolute Gasteiger partial charge is 0.283 e. The second kappa shape index (κ2) is 7.66. The molecule has 0 aliphatic heterocycles. The maximum Gasteiger partial charge on any atom is 0.283 e. The third-order valence-corrected chi connectivity index (χ3v) is 3.41. The predicted molar refractivity (Wildman–Crippen MR) is 78.1 cm³/mol. The van der Waals surface area contributed by atoms with E-state index in [2.05, 4.69) is 6.58 Å². The van der Waals surface area contributed by atoms with Crippen LogP contribution in [0.4, 0.5) is 5.69 Å². The van der Waals surface area contributed by atoms with Crippen molar-refractivity contribution in [2.45, 2.75) is 4.90 Å². The Morgan fingerprint density at radius 2 is 2.30 bits per heavy atom. The first-order valence-electron chi connectivity index (χ1n) is 5.88. The third-order valence-electron chi connectivity index (χ3n) is 2.63. The highest BCUT2D eigenvalue weighted by Gasteiger charge is 2.20. The zero-order valence-electron chi connectivity index (χ0n) is 11.1. The number of hydrogen-bond donors (Lipinski definition) is 1. The highest BCUT2D eigenvalue weighted by molar-refractivity contribution is 7.98. The van der Waals surface area contributed by atoms with Crippen LogP contribution in [0, 0.1) is 10.1 Å². The van der Waals surface area contributed by atoms with Crippen LogP contribution in [-0.2, 0) is 0 Å². The summed E-state index contributed by atoms with van der Waals surface area (Å²) >= 11 is 1.25. The van der Waals surface area contributed by atoms with E-state index >= 15 is 0 Å². The molecule has 1 amide bonds. The number of benzene rings is 1. The molecule has 1 aromatic carbocycles. The van der Waals surface area contributed by atoms with E-state index in [9.17, 15) is 14.9 Å². The summed E-state index contributed by atoms with van der Waals surface area (Å²) in [5.74, 6) is -0.366. The van der Waals surface area contributed by atoms with Gasteiger partial charge >= 0.3 is 0 Å². The van der Waals surface area contributed by atoms with Gasteiger partial charge in [0.05, 0.1) is 16.4 Å². The zero-order chi connectivity index (χ0) is 15.1. The first-order chi connectivity index (χ1) is 9.54. The molecule has 0 unspecified atom stereocenters. The lowest BCUT2D eigenvalue weighted by Crippen LogP contribution is -2.33. The summed E-state index contributed by atoms with van der Waals surface area (Å²) in [5.41, 5.74) is 0.135. The van der Waals surface area contributed by atoms with Crippen molar-refractivity contribution < 1.29 is 14.8 Å². The summed E-state index contributed by atoms with van der Waals surface area (Å²) in [5, 5.41) is 19.9. The standard InChI is InChI=1S/C13H16N2O4S/c1-3-6-14(7-8-16)13(17)10-4-5-12(20-2)11(9-10)15(18)19/h3-5,9,16H,1,6-8H2,2H3. The number of rotatable bonds is 7. The van der Waals surface area contributed by atoms with Gasteiger partial charge < -0.3 is 10.0 Å². The zero-order valence-corrected chi connectivity index (χ0v) is 11.9. The molecule has 20 heavy (non-hydrogen) atoms. The summed E-state index contributed by atoms with van der Waals surface area (Å²) in [4.78, 5) is 24.6. The minimum atomic E-state index is -0.507. The molecule has 0 heterocycles. The van der Waals surface area contributed by atoms with Gasteiger partial charge in [0.1, 0.15) is 0 Å². The van der Waals surface area contributed by atoms with Crippen molar-refractivity contribution in [1.29, 1.82) is 0 Å². The Morgan fingerprint density at radius 3 is 2.80 bits per heavy atom. The molecule has 108 valence electrons. The van der Waals surface area contributed by atoms with Crippen LogP contribution in [0.1, 0.15) is 10.4 Å². The van der Waals surface area contributed by atoms with Crippen molar-refractivity contribution in [2.24, 2.45) is 0 Å². The lowest BCUT2D eigenvalue weighted by Gasteiger charge is -2.20. The number of nitrogens with zero attached hydrogens (tertiary/aromatic N) is 2. The van der Waals surface area contributed by atoms with Crippen LogP contribution < -0.4 is 0 Å². The quantitative estimate of drug-likeness (QED) is 0.360. The molecule has 0 saturated carbocycles. The molecule has 6 nitrogen and oxygen atoms in total. The summed E-state index contributed by atoms with van der Waals surface area (Å²) in [6.07, 6.45) is 3.28. The number of carbonyl (C=O) groups excluding carboxylic acids is 1. The molecule has 0 saturated heterocycles. The van der Waals surface area contributed by atoms with Crippen molar-refractivity contribution >= 4 is 23.4 Å². The number of aliphatic hydroxyl groups excluding tert-OH is 1. The van der Waals surface area contributed by atoms with Gasteiger partial charge in [-0.1, -0.05) is 6.08 Å². The van der Waals surface area contributed by atoms with Crippen LogP contribution >= 0.6 is 11.8 Å². The van der Waals surface area contributed by atoms with Crippen molar-refractivity contribution in [3.8, 4) is 0 Å². The van der Waals surface area contributed by atoms with Crippen LogP contribution in [0.5, 0.6) is 0 Å². The molecule has 0 aliphatic carbocycles. The minimum absolute atomic E-state index is 0.0918. The molecule has 1 aromatic rings. The number of carbonyl (C=O) groups is 1. The van der Waals surface area contributed by atoms with Crippen LogP contribution in [-0.4, -0.2) is 46.8 Å². The van der Waals surface area contributed by atoms with Gasteiger partial charge in [0, 0.05) is 24.7 Å². The van der Waals surface area contributed by atoms with Crippen LogP contribution in [0.15, 0.2) is 35.7 Å². The fourth-order valence-corrected chi connectivity index (χ4v) is 2.25. The van der Waals surface area contributed by atoms with Gasteiger partial charge in [-0.15, -0.1) is 18.3 Å². The van der Waals surface area contributed by atoms with Crippen LogP contribution in [0.3, 0.4) is 0 Å². The SMILES string of the molecule is C=CCN(CCO)C(=O)c1ccc(SC)c([N+](=O)[O-])c1. The van der Waals surface area contributed by atoms with E-state index in [1.165, 1.54) is 28.8 Å². The van der Waals surface area contributed by atoms with E-state index in [4.69, 9.17) is 5.11 Å². The molecule has 0 radical (unpaired) electrons. The van der Waals surface area contributed by atoms with Gasteiger partial charge in [-0.3, -0.25) is 14.9 Å². The third kappa shape index (κ3) is 3.82. The Balaban J connectivity index is 3.11. The molecule has 0 atom stereocenters.